The van der Waals surface area contributed by atoms with Crippen molar-refractivity contribution in [1.82, 2.24) is 0 Å². The first kappa shape index (κ1) is 7.79. The van der Waals surface area contributed by atoms with E-state index in [2.05, 4.69) is 10.3 Å². The fourth-order valence-electron chi connectivity index (χ4n) is 0.937. The van der Waals surface area contributed by atoms with Crippen LogP contribution in [0, 0.1) is 0 Å². The molecule has 1 rings (SSSR count). The van der Waals surface area contributed by atoms with E-state index >= 15 is 0 Å². The Morgan fingerprint density at radius 1 is 1.36 bits per heavy atom. The van der Waals surface area contributed by atoms with E-state index < -0.39 is 0 Å². The molecule has 0 unspecified atom stereocenters. The van der Waals surface area contributed by atoms with Crippen LogP contribution in [-0.2, 0) is 0 Å². The van der Waals surface area contributed by atoms with E-state index in [1.54, 1.807) is 6.21 Å². The van der Waals surface area contributed by atoms with Crippen molar-refractivity contribution < 1.29 is 0 Å². The summed E-state index contributed by atoms with van der Waals surface area (Å²) in [5.74, 6) is 0. The molecule has 0 bridgehead atoms. The van der Waals surface area contributed by atoms with Crippen LogP contribution in [0.1, 0.15) is 6.92 Å². The van der Waals surface area contributed by atoms with Crippen molar-refractivity contribution in [2.45, 2.75) is 6.92 Å². The molecule has 0 heterocycles. The Balaban J connectivity index is 3.02. The van der Waals surface area contributed by atoms with Gasteiger partial charge in [0.05, 0.1) is 11.4 Å². The molecule has 11 heavy (non-hydrogen) atoms. The molecule has 0 saturated heterocycles. The number of nitrogens with one attached hydrogen (secondary N) is 1. The van der Waals surface area contributed by atoms with E-state index in [1.165, 1.54) is 0 Å². The predicted octanol–water partition coefficient (Wildman–Crippen LogP) is 2.45. The molecule has 0 atom stereocenters. The first-order valence-electron chi connectivity index (χ1n) is 3.64. The van der Waals surface area contributed by atoms with Gasteiger partial charge in [-0.1, -0.05) is 12.1 Å². The first-order chi connectivity index (χ1) is 5.38. The van der Waals surface area contributed by atoms with Gasteiger partial charge in [0, 0.05) is 13.3 Å². The first-order valence-corrected chi connectivity index (χ1v) is 3.64. The van der Waals surface area contributed by atoms with Gasteiger partial charge in [0.25, 0.3) is 0 Å². The number of hydrogen-bond donors (Lipinski definition) is 1. The Morgan fingerprint density at radius 2 is 2.09 bits per heavy atom. The highest BCUT2D eigenvalue weighted by Crippen LogP contribution is 2.22. The van der Waals surface area contributed by atoms with Crippen molar-refractivity contribution >= 4 is 17.6 Å². The third kappa shape index (κ3) is 1.80. The van der Waals surface area contributed by atoms with Gasteiger partial charge in [0.15, 0.2) is 0 Å². The molecule has 0 aliphatic heterocycles. The van der Waals surface area contributed by atoms with Crippen LogP contribution >= 0.6 is 0 Å². The number of nitrogens with zero attached hydrogens (tertiary/aromatic N) is 1. The van der Waals surface area contributed by atoms with Crippen LogP contribution in [0.25, 0.3) is 0 Å². The smallest absolute Gasteiger partial charge is 0.0856 e. The zero-order valence-corrected chi connectivity index (χ0v) is 6.83. The lowest BCUT2D eigenvalue weighted by Crippen LogP contribution is -1.86. The van der Waals surface area contributed by atoms with Gasteiger partial charge in [-0.25, -0.2) is 0 Å². The molecule has 2 heteroatoms. The van der Waals surface area contributed by atoms with Gasteiger partial charge in [-0.2, -0.15) is 0 Å². The third-order valence-corrected chi connectivity index (χ3v) is 1.44. The van der Waals surface area contributed by atoms with Gasteiger partial charge in [0.1, 0.15) is 0 Å². The van der Waals surface area contributed by atoms with E-state index in [0.717, 1.165) is 11.4 Å². The van der Waals surface area contributed by atoms with Crippen molar-refractivity contribution in [2.75, 3.05) is 12.4 Å². The zero-order chi connectivity index (χ0) is 8.10. The SMILES string of the molecule is C/C=N/c1ccccc1NC. The molecule has 1 N–H and O–H groups in total. The second kappa shape index (κ2) is 3.76. The predicted molar refractivity (Wildman–Crippen MR) is 49.8 cm³/mol. The number of rotatable bonds is 2. The lowest BCUT2D eigenvalue weighted by molar-refractivity contribution is 1.45. The van der Waals surface area contributed by atoms with Crippen LogP contribution in [0.3, 0.4) is 0 Å². The zero-order valence-electron chi connectivity index (χ0n) is 6.83. The highest BCUT2D eigenvalue weighted by molar-refractivity contribution is 5.71. The number of anilines is 1. The summed E-state index contributed by atoms with van der Waals surface area (Å²) >= 11 is 0. The number of aliphatic imine (C=N–C) groups is 1. The fraction of sp³-hybridized carbons (Fsp3) is 0.222. The standard InChI is InChI=1S/C9H12N2/c1-3-11-9-7-5-4-6-8(9)10-2/h3-7,10H,1-2H3/b11-3+. The maximum absolute atomic E-state index is 4.19. The Bertz CT molecular complexity index is 253. The molecule has 0 saturated carbocycles. The summed E-state index contributed by atoms with van der Waals surface area (Å²) in [4.78, 5) is 4.19. The van der Waals surface area contributed by atoms with Gasteiger partial charge in [-0.3, -0.25) is 4.99 Å². The van der Waals surface area contributed by atoms with Gasteiger partial charge in [-0.05, 0) is 19.1 Å². The van der Waals surface area contributed by atoms with Gasteiger partial charge >= 0.3 is 0 Å². The molecule has 1 aromatic rings. The molecule has 1 aromatic carbocycles. The van der Waals surface area contributed by atoms with E-state index in [0.29, 0.717) is 0 Å². The molecule has 0 amide bonds. The van der Waals surface area contributed by atoms with Crippen molar-refractivity contribution in [3.8, 4) is 0 Å². The summed E-state index contributed by atoms with van der Waals surface area (Å²) < 4.78 is 0. The molecular formula is C9H12N2. The largest absolute Gasteiger partial charge is 0.386 e. The summed E-state index contributed by atoms with van der Waals surface area (Å²) in [6, 6.07) is 7.94. The van der Waals surface area contributed by atoms with Crippen molar-refractivity contribution in [3.05, 3.63) is 24.3 Å². The summed E-state index contributed by atoms with van der Waals surface area (Å²) in [6.45, 7) is 1.91. The van der Waals surface area contributed by atoms with Crippen LogP contribution in [0.2, 0.25) is 0 Å². The average molecular weight is 148 g/mol. The molecule has 58 valence electrons. The fourth-order valence-corrected chi connectivity index (χ4v) is 0.937. The Labute approximate surface area is 67.0 Å². The average Bonchev–Trinajstić information content (AvgIpc) is 2.06. The van der Waals surface area contributed by atoms with Crippen molar-refractivity contribution in [3.63, 3.8) is 0 Å². The van der Waals surface area contributed by atoms with E-state index in [-0.39, 0.29) is 0 Å². The third-order valence-electron chi connectivity index (χ3n) is 1.44. The molecule has 0 spiro atoms. The highest BCUT2D eigenvalue weighted by atomic mass is 14.9. The molecular weight excluding hydrogens is 136 g/mol. The lowest BCUT2D eigenvalue weighted by Gasteiger charge is -2.02. The summed E-state index contributed by atoms with van der Waals surface area (Å²) in [5, 5.41) is 3.07. The number of benzene rings is 1. The summed E-state index contributed by atoms with van der Waals surface area (Å²) in [7, 11) is 1.89. The maximum Gasteiger partial charge on any atom is 0.0856 e. The van der Waals surface area contributed by atoms with Gasteiger partial charge < -0.3 is 5.32 Å². The second-order valence-electron chi connectivity index (χ2n) is 2.15. The second-order valence-corrected chi connectivity index (χ2v) is 2.15. The van der Waals surface area contributed by atoms with Crippen LogP contribution in [-0.4, -0.2) is 13.3 Å². The van der Waals surface area contributed by atoms with Crippen LogP contribution in [0.15, 0.2) is 29.3 Å². The minimum atomic E-state index is 0.984. The summed E-state index contributed by atoms with van der Waals surface area (Å²) in [6.07, 6.45) is 1.79. The topological polar surface area (TPSA) is 24.4 Å². The maximum atomic E-state index is 4.19. The van der Waals surface area contributed by atoms with Crippen LogP contribution in [0.5, 0.6) is 0 Å². The molecule has 0 aliphatic carbocycles. The number of hydrogen-bond acceptors (Lipinski definition) is 2. The quantitative estimate of drug-likeness (QED) is 0.640. The molecule has 0 aromatic heterocycles. The minimum absolute atomic E-state index is 0.984. The molecule has 0 radical (unpaired) electrons. The van der Waals surface area contributed by atoms with Crippen molar-refractivity contribution in [1.29, 1.82) is 0 Å². The monoisotopic (exact) mass is 148 g/mol. The number of para-hydroxylation sites is 2. The molecule has 0 fully saturated rings. The Kier molecular flexibility index (Phi) is 2.66. The van der Waals surface area contributed by atoms with Crippen LogP contribution < -0.4 is 5.32 Å². The summed E-state index contributed by atoms with van der Waals surface area (Å²) in [5.41, 5.74) is 2.04. The van der Waals surface area contributed by atoms with Gasteiger partial charge in [0.2, 0.25) is 0 Å². The van der Waals surface area contributed by atoms with E-state index in [4.69, 9.17) is 0 Å². The van der Waals surface area contributed by atoms with Gasteiger partial charge in [-0.15, -0.1) is 0 Å². The highest BCUT2D eigenvalue weighted by Gasteiger charge is 1.93. The molecule has 0 aliphatic rings. The van der Waals surface area contributed by atoms with Crippen molar-refractivity contribution in [2.24, 2.45) is 4.99 Å². The minimum Gasteiger partial charge on any atom is -0.386 e. The molecule has 2 nitrogen and oxygen atoms in total. The normalized spacial score (nSPS) is 10.4. The van der Waals surface area contributed by atoms with Crippen LogP contribution in [0.4, 0.5) is 11.4 Å². The lowest BCUT2D eigenvalue weighted by atomic mass is 10.3. The Hall–Kier alpha value is -1.31. The Morgan fingerprint density at radius 3 is 2.73 bits per heavy atom. The van der Waals surface area contributed by atoms with E-state index in [1.807, 2.05) is 38.2 Å². The van der Waals surface area contributed by atoms with E-state index in [9.17, 15) is 0 Å².